The Morgan fingerprint density at radius 3 is 2.83 bits per heavy atom. The second-order valence-electron chi connectivity index (χ2n) is 4.80. The fourth-order valence-electron chi connectivity index (χ4n) is 2.04. The predicted molar refractivity (Wildman–Crippen MR) is 70.3 cm³/mol. The number of nitrogens with two attached hydrogens (primary N) is 1. The summed E-state index contributed by atoms with van der Waals surface area (Å²) in [6.45, 7) is 4.32. The van der Waals surface area contributed by atoms with Gasteiger partial charge in [-0.25, -0.2) is 9.82 Å². The van der Waals surface area contributed by atoms with Crippen LogP contribution >= 0.6 is 0 Å². The minimum absolute atomic E-state index is 0.0320. The molecule has 0 fully saturated rings. The smallest absolute Gasteiger partial charge is 0.134 e. The van der Waals surface area contributed by atoms with Crippen molar-refractivity contribution in [2.45, 2.75) is 32.7 Å². The molecule has 3 N–H and O–H groups in total. The van der Waals surface area contributed by atoms with Gasteiger partial charge in [-0.15, -0.1) is 0 Å². The SMILES string of the molecule is CCC(C)CC(NN)c1cc2cc(F)ccc2o1. The van der Waals surface area contributed by atoms with E-state index in [-0.39, 0.29) is 11.9 Å². The largest absolute Gasteiger partial charge is 0.459 e. The molecule has 0 bridgehead atoms. The van der Waals surface area contributed by atoms with Crippen molar-refractivity contribution in [1.29, 1.82) is 0 Å². The van der Waals surface area contributed by atoms with Crippen LogP contribution in [0.3, 0.4) is 0 Å². The molecule has 0 spiro atoms. The van der Waals surface area contributed by atoms with Gasteiger partial charge in [0.05, 0.1) is 6.04 Å². The zero-order valence-electron chi connectivity index (χ0n) is 10.7. The first-order valence-electron chi connectivity index (χ1n) is 6.29. The molecular weight excluding hydrogens is 231 g/mol. The average Bonchev–Trinajstić information content (AvgIpc) is 2.78. The molecule has 0 saturated carbocycles. The molecule has 2 unspecified atom stereocenters. The topological polar surface area (TPSA) is 51.2 Å². The molecule has 0 aliphatic heterocycles. The number of halogens is 1. The first-order chi connectivity index (χ1) is 8.63. The quantitative estimate of drug-likeness (QED) is 0.630. The normalized spacial score (nSPS) is 14.9. The molecule has 1 aromatic heterocycles. The molecule has 2 aromatic rings. The van der Waals surface area contributed by atoms with Crippen molar-refractivity contribution in [3.05, 3.63) is 35.8 Å². The van der Waals surface area contributed by atoms with Crippen LogP contribution in [0, 0.1) is 11.7 Å². The van der Waals surface area contributed by atoms with Gasteiger partial charge in [0, 0.05) is 5.39 Å². The van der Waals surface area contributed by atoms with Crippen molar-refractivity contribution in [2.75, 3.05) is 0 Å². The maximum atomic E-state index is 13.1. The number of hydrazine groups is 1. The summed E-state index contributed by atoms with van der Waals surface area (Å²) in [6.07, 6.45) is 1.99. The molecule has 1 aromatic carbocycles. The molecule has 0 saturated heterocycles. The first kappa shape index (κ1) is 13.1. The van der Waals surface area contributed by atoms with Crippen LogP contribution < -0.4 is 11.3 Å². The fraction of sp³-hybridized carbons (Fsp3) is 0.429. The van der Waals surface area contributed by atoms with Gasteiger partial charge in [-0.3, -0.25) is 5.84 Å². The lowest BCUT2D eigenvalue weighted by atomic mass is 9.98. The van der Waals surface area contributed by atoms with Gasteiger partial charge in [0.2, 0.25) is 0 Å². The van der Waals surface area contributed by atoms with Gasteiger partial charge in [0.15, 0.2) is 0 Å². The van der Waals surface area contributed by atoms with E-state index in [0.29, 0.717) is 11.5 Å². The number of fused-ring (bicyclic) bond motifs is 1. The lowest BCUT2D eigenvalue weighted by Crippen LogP contribution is -2.29. The van der Waals surface area contributed by atoms with Gasteiger partial charge in [0.1, 0.15) is 17.2 Å². The molecule has 0 radical (unpaired) electrons. The standard InChI is InChI=1S/C14H19FN2O/c1-3-9(2)6-12(17-16)14-8-10-7-11(15)4-5-13(10)18-14/h4-5,7-9,12,17H,3,6,16H2,1-2H3. The molecule has 0 aliphatic rings. The highest BCUT2D eigenvalue weighted by molar-refractivity contribution is 5.78. The van der Waals surface area contributed by atoms with Gasteiger partial charge >= 0.3 is 0 Å². The predicted octanol–water partition coefficient (Wildman–Crippen LogP) is 3.51. The summed E-state index contributed by atoms with van der Waals surface area (Å²) in [5.74, 6) is 6.63. The maximum absolute atomic E-state index is 13.1. The summed E-state index contributed by atoms with van der Waals surface area (Å²) in [7, 11) is 0. The van der Waals surface area contributed by atoms with Crippen molar-refractivity contribution >= 4 is 11.0 Å². The van der Waals surface area contributed by atoms with Crippen LogP contribution in [0.15, 0.2) is 28.7 Å². The Kier molecular flexibility index (Phi) is 3.99. The third-order valence-electron chi connectivity index (χ3n) is 3.38. The molecule has 0 amide bonds. The lowest BCUT2D eigenvalue weighted by molar-refractivity contribution is 0.359. The Morgan fingerprint density at radius 2 is 2.17 bits per heavy atom. The number of benzene rings is 1. The number of rotatable bonds is 5. The zero-order chi connectivity index (χ0) is 13.1. The lowest BCUT2D eigenvalue weighted by Gasteiger charge is -2.17. The van der Waals surface area contributed by atoms with E-state index in [0.717, 1.165) is 24.0 Å². The van der Waals surface area contributed by atoms with Crippen LogP contribution in [0.2, 0.25) is 0 Å². The molecule has 3 nitrogen and oxygen atoms in total. The Bertz CT molecular complexity index is 523. The summed E-state index contributed by atoms with van der Waals surface area (Å²) < 4.78 is 18.8. The highest BCUT2D eigenvalue weighted by Gasteiger charge is 2.17. The Morgan fingerprint density at radius 1 is 1.39 bits per heavy atom. The van der Waals surface area contributed by atoms with Crippen molar-refractivity contribution in [3.8, 4) is 0 Å². The first-order valence-corrected chi connectivity index (χ1v) is 6.29. The van der Waals surface area contributed by atoms with Gasteiger partial charge in [-0.05, 0) is 36.6 Å². The van der Waals surface area contributed by atoms with Crippen molar-refractivity contribution in [2.24, 2.45) is 11.8 Å². The fourth-order valence-corrected chi connectivity index (χ4v) is 2.04. The van der Waals surface area contributed by atoms with E-state index in [1.54, 1.807) is 6.07 Å². The monoisotopic (exact) mass is 250 g/mol. The van der Waals surface area contributed by atoms with Crippen LogP contribution in [0.1, 0.15) is 38.5 Å². The Balaban J connectivity index is 2.28. The van der Waals surface area contributed by atoms with Gasteiger partial charge in [-0.1, -0.05) is 20.3 Å². The average molecular weight is 250 g/mol. The third kappa shape index (κ3) is 2.71. The molecule has 2 rings (SSSR count). The number of hydrogen-bond acceptors (Lipinski definition) is 3. The van der Waals surface area contributed by atoms with Crippen molar-refractivity contribution in [3.63, 3.8) is 0 Å². The molecular formula is C14H19FN2O. The van der Waals surface area contributed by atoms with E-state index >= 15 is 0 Å². The summed E-state index contributed by atoms with van der Waals surface area (Å²) >= 11 is 0. The van der Waals surface area contributed by atoms with Gasteiger partial charge < -0.3 is 4.42 Å². The second kappa shape index (κ2) is 5.50. The van der Waals surface area contributed by atoms with Crippen LogP contribution in [0.25, 0.3) is 11.0 Å². The van der Waals surface area contributed by atoms with E-state index in [1.165, 1.54) is 12.1 Å². The summed E-state index contributed by atoms with van der Waals surface area (Å²) in [4.78, 5) is 0. The minimum Gasteiger partial charge on any atom is -0.459 e. The highest BCUT2D eigenvalue weighted by Crippen LogP contribution is 2.28. The second-order valence-corrected chi connectivity index (χ2v) is 4.80. The van der Waals surface area contributed by atoms with Crippen LogP contribution in [-0.2, 0) is 0 Å². The van der Waals surface area contributed by atoms with Gasteiger partial charge in [0.25, 0.3) is 0 Å². The molecule has 0 aliphatic carbocycles. The number of hydrogen-bond donors (Lipinski definition) is 2. The van der Waals surface area contributed by atoms with E-state index in [1.807, 2.05) is 6.07 Å². The summed E-state index contributed by atoms with van der Waals surface area (Å²) in [5, 5.41) is 0.773. The summed E-state index contributed by atoms with van der Waals surface area (Å²) in [5.41, 5.74) is 3.46. The summed E-state index contributed by atoms with van der Waals surface area (Å²) in [6, 6.07) is 6.33. The van der Waals surface area contributed by atoms with E-state index in [2.05, 4.69) is 19.3 Å². The Hall–Kier alpha value is -1.39. The van der Waals surface area contributed by atoms with Gasteiger partial charge in [-0.2, -0.15) is 0 Å². The molecule has 4 heteroatoms. The molecule has 1 heterocycles. The third-order valence-corrected chi connectivity index (χ3v) is 3.38. The van der Waals surface area contributed by atoms with E-state index in [9.17, 15) is 4.39 Å². The van der Waals surface area contributed by atoms with Crippen molar-refractivity contribution < 1.29 is 8.81 Å². The number of nitrogens with one attached hydrogen (secondary N) is 1. The minimum atomic E-state index is -0.256. The molecule has 18 heavy (non-hydrogen) atoms. The van der Waals surface area contributed by atoms with E-state index in [4.69, 9.17) is 10.3 Å². The highest BCUT2D eigenvalue weighted by atomic mass is 19.1. The molecule has 98 valence electrons. The Labute approximate surface area is 106 Å². The zero-order valence-corrected chi connectivity index (χ0v) is 10.7. The van der Waals surface area contributed by atoms with Crippen LogP contribution in [-0.4, -0.2) is 0 Å². The maximum Gasteiger partial charge on any atom is 0.134 e. The van der Waals surface area contributed by atoms with Crippen LogP contribution in [0.4, 0.5) is 4.39 Å². The van der Waals surface area contributed by atoms with E-state index < -0.39 is 0 Å². The van der Waals surface area contributed by atoms with Crippen molar-refractivity contribution in [1.82, 2.24) is 5.43 Å². The molecule has 2 atom stereocenters. The number of furan rings is 1. The van der Waals surface area contributed by atoms with Crippen LogP contribution in [0.5, 0.6) is 0 Å².